The van der Waals surface area contributed by atoms with Crippen molar-refractivity contribution in [1.29, 1.82) is 0 Å². The molecule has 3 heterocycles. The Kier molecular flexibility index (Phi) is 9.14. The third kappa shape index (κ3) is 5.69. The van der Waals surface area contributed by atoms with Crippen molar-refractivity contribution in [3.05, 3.63) is 40.0 Å². The molecule has 0 bridgehead atoms. The lowest BCUT2D eigenvalue weighted by molar-refractivity contribution is -0.113. The number of hydrogen-bond acceptors (Lipinski definition) is 6. The Morgan fingerprint density at radius 2 is 2.13 bits per heavy atom. The lowest BCUT2D eigenvalue weighted by Gasteiger charge is -2.34. The number of halogens is 3. The van der Waals surface area contributed by atoms with Crippen LogP contribution in [-0.2, 0) is 9.53 Å². The van der Waals surface area contributed by atoms with Crippen molar-refractivity contribution in [1.82, 2.24) is 15.3 Å². The summed E-state index contributed by atoms with van der Waals surface area (Å²) in [6, 6.07) is 3.57. The quantitative estimate of drug-likeness (QED) is 0.611. The molecule has 3 aliphatic heterocycles. The van der Waals surface area contributed by atoms with Gasteiger partial charge < -0.3 is 9.84 Å². The maximum absolute atomic E-state index is 14.0. The second-order valence-electron chi connectivity index (χ2n) is 6.92. The number of hydrazine groups is 1. The molecule has 2 amide bonds. The number of amidine groups is 1. The van der Waals surface area contributed by atoms with E-state index in [9.17, 15) is 19.1 Å². The highest BCUT2D eigenvalue weighted by Gasteiger charge is 2.31. The molecule has 0 aromatic heterocycles. The Morgan fingerprint density at radius 1 is 1.32 bits per heavy atom. The number of aliphatic imine (C=N–C) groups is 1. The van der Waals surface area contributed by atoms with Crippen LogP contribution in [-0.4, -0.2) is 65.0 Å². The van der Waals surface area contributed by atoms with E-state index in [0.717, 1.165) is 25.9 Å². The fraction of sp³-hybridized carbons (Fsp3) is 0.421. The Labute approximate surface area is 195 Å². The van der Waals surface area contributed by atoms with Gasteiger partial charge >= 0.3 is 6.09 Å². The molecule has 8 nitrogen and oxygen atoms in total. The van der Waals surface area contributed by atoms with Crippen molar-refractivity contribution >= 4 is 59.8 Å². The molecule has 1 atom stereocenters. The number of nitrogens with zero attached hydrogens (tertiary/aromatic N) is 3. The monoisotopic (exact) mass is 492 g/mol. The molecule has 0 saturated carbocycles. The summed E-state index contributed by atoms with van der Waals surface area (Å²) < 4.78 is 19.4. The van der Waals surface area contributed by atoms with E-state index in [0.29, 0.717) is 27.8 Å². The van der Waals surface area contributed by atoms with Crippen molar-refractivity contribution in [2.45, 2.75) is 18.9 Å². The minimum Gasteiger partial charge on any atom is -0.465 e. The van der Waals surface area contributed by atoms with Gasteiger partial charge in [-0.2, -0.15) is 4.99 Å². The molecule has 2 saturated heterocycles. The van der Waals surface area contributed by atoms with Crippen LogP contribution < -0.4 is 5.43 Å². The van der Waals surface area contributed by atoms with Crippen LogP contribution in [0.25, 0.3) is 6.08 Å². The molecule has 0 radical (unpaired) electrons. The predicted octanol–water partition coefficient (Wildman–Crippen LogP) is 3.29. The SMILES string of the molecule is Cl.Cl.O=C1N=C(N2CCCCN2)S/C1=C\c1cc(F)ccc1C1COCCN1C(=O)O. The number of morpholine rings is 1. The Bertz CT molecular complexity index is 896. The fourth-order valence-corrected chi connectivity index (χ4v) is 4.48. The first kappa shape index (κ1) is 25.4. The smallest absolute Gasteiger partial charge is 0.407 e. The van der Waals surface area contributed by atoms with Crippen LogP contribution >= 0.6 is 36.6 Å². The van der Waals surface area contributed by atoms with Crippen LogP contribution in [0.5, 0.6) is 0 Å². The van der Waals surface area contributed by atoms with Crippen LogP contribution in [0.1, 0.15) is 30.0 Å². The van der Waals surface area contributed by atoms with Crippen molar-refractivity contribution in [2.75, 3.05) is 32.8 Å². The largest absolute Gasteiger partial charge is 0.465 e. The molecule has 2 fully saturated rings. The highest BCUT2D eigenvalue weighted by Crippen LogP contribution is 2.34. The second kappa shape index (κ2) is 11.1. The average Bonchev–Trinajstić information content (AvgIpc) is 3.09. The van der Waals surface area contributed by atoms with Gasteiger partial charge in [-0.1, -0.05) is 6.07 Å². The summed E-state index contributed by atoms with van der Waals surface area (Å²) >= 11 is 1.23. The Morgan fingerprint density at radius 3 is 2.84 bits per heavy atom. The maximum atomic E-state index is 14.0. The van der Waals surface area contributed by atoms with Crippen molar-refractivity contribution in [2.24, 2.45) is 4.99 Å². The van der Waals surface area contributed by atoms with Gasteiger partial charge in [0, 0.05) is 19.6 Å². The zero-order valence-electron chi connectivity index (χ0n) is 16.5. The van der Waals surface area contributed by atoms with E-state index < -0.39 is 18.0 Å². The third-order valence-corrected chi connectivity index (χ3v) is 6.03. The minimum atomic E-state index is -1.06. The number of hydrogen-bond donors (Lipinski definition) is 2. The summed E-state index contributed by atoms with van der Waals surface area (Å²) in [5.74, 6) is -0.851. The number of ether oxygens (including phenoxy) is 1. The van der Waals surface area contributed by atoms with E-state index in [4.69, 9.17) is 4.74 Å². The molecule has 3 aliphatic rings. The van der Waals surface area contributed by atoms with E-state index in [-0.39, 0.29) is 43.9 Å². The van der Waals surface area contributed by atoms with Gasteiger partial charge in [0.15, 0.2) is 5.17 Å². The van der Waals surface area contributed by atoms with Crippen LogP contribution in [0.2, 0.25) is 0 Å². The van der Waals surface area contributed by atoms with E-state index in [1.165, 1.54) is 28.8 Å². The molecule has 0 spiro atoms. The normalized spacial score (nSPS) is 22.6. The fourth-order valence-electron chi connectivity index (χ4n) is 3.57. The average molecular weight is 493 g/mol. The zero-order valence-corrected chi connectivity index (χ0v) is 18.9. The third-order valence-electron chi connectivity index (χ3n) is 5.02. The summed E-state index contributed by atoms with van der Waals surface area (Å²) in [5, 5.41) is 12.0. The van der Waals surface area contributed by atoms with E-state index in [1.807, 2.05) is 5.01 Å². The standard InChI is InChI=1S/C19H21FN4O4S.2ClH/c20-13-3-4-14(15-11-28-8-7-23(15)19(26)27)12(9-13)10-16-17(25)22-18(29-16)24-6-2-1-5-21-24;;/h3-4,9-10,15,21H,1-2,5-8,11H2,(H,26,27);2*1H/b16-10-;;. The lowest BCUT2D eigenvalue weighted by atomic mass is 9.98. The number of benzene rings is 1. The van der Waals surface area contributed by atoms with Gasteiger partial charge in [0.25, 0.3) is 5.91 Å². The highest BCUT2D eigenvalue weighted by atomic mass is 35.5. The molecule has 1 aromatic carbocycles. The van der Waals surface area contributed by atoms with E-state index in [1.54, 1.807) is 12.1 Å². The maximum Gasteiger partial charge on any atom is 0.407 e. The van der Waals surface area contributed by atoms with Gasteiger partial charge in [0.1, 0.15) is 5.82 Å². The summed E-state index contributed by atoms with van der Waals surface area (Å²) in [6.07, 6.45) is 2.61. The summed E-state index contributed by atoms with van der Waals surface area (Å²) in [6.45, 7) is 2.32. The number of rotatable bonds is 2. The van der Waals surface area contributed by atoms with Gasteiger partial charge in [-0.15, -0.1) is 24.8 Å². The van der Waals surface area contributed by atoms with Crippen molar-refractivity contribution in [3.63, 3.8) is 0 Å². The van der Waals surface area contributed by atoms with Gasteiger partial charge in [0.2, 0.25) is 0 Å². The van der Waals surface area contributed by atoms with Crippen molar-refractivity contribution in [3.8, 4) is 0 Å². The van der Waals surface area contributed by atoms with Gasteiger partial charge in [-0.3, -0.25) is 14.7 Å². The molecule has 1 unspecified atom stereocenters. The molecule has 1 aromatic rings. The number of thioether (sulfide) groups is 1. The predicted molar refractivity (Wildman–Crippen MR) is 121 cm³/mol. The van der Waals surface area contributed by atoms with Crippen LogP contribution in [0.3, 0.4) is 0 Å². The molecular weight excluding hydrogens is 470 g/mol. The number of amides is 2. The summed E-state index contributed by atoms with van der Waals surface area (Å²) in [4.78, 5) is 29.8. The van der Waals surface area contributed by atoms with E-state index in [2.05, 4.69) is 10.4 Å². The summed E-state index contributed by atoms with van der Waals surface area (Å²) in [7, 11) is 0. The van der Waals surface area contributed by atoms with Crippen LogP contribution in [0, 0.1) is 5.82 Å². The Hall–Kier alpha value is -1.85. The lowest BCUT2D eigenvalue weighted by Crippen LogP contribution is -2.45. The van der Waals surface area contributed by atoms with Gasteiger partial charge in [-0.05, 0) is 53.9 Å². The zero-order chi connectivity index (χ0) is 20.4. The number of carboxylic acid groups (broad SMARTS) is 1. The molecule has 2 N–H and O–H groups in total. The van der Waals surface area contributed by atoms with Crippen molar-refractivity contribution < 1.29 is 23.8 Å². The number of nitrogens with one attached hydrogen (secondary N) is 1. The summed E-state index contributed by atoms with van der Waals surface area (Å²) in [5.41, 5.74) is 4.26. The first-order valence-corrected chi connectivity index (χ1v) is 10.2. The first-order valence-electron chi connectivity index (χ1n) is 9.43. The molecular formula is C19H23Cl2FN4O4S. The molecule has 4 rings (SSSR count). The molecule has 170 valence electrons. The van der Waals surface area contributed by atoms with E-state index >= 15 is 0 Å². The Balaban J connectivity index is 0.00000171. The first-order chi connectivity index (χ1) is 14.0. The second-order valence-corrected chi connectivity index (χ2v) is 7.93. The topological polar surface area (TPSA) is 94.5 Å². The number of carbonyl (C=O) groups is 2. The number of carbonyl (C=O) groups excluding carboxylic acids is 1. The van der Waals surface area contributed by atoms with Crippen LogP contribution in [0.4, 0.5) is 9.18 Å². The van der Waals surface area contributed by atoms with Gasteiger partial charge in [-0.25, -0.2) is 14.6 Å². The minimum absolute atomic E-state index is 0. The van der Waals surface area contributed by atoms with Crippen LogP contribution in [0.15, 0.2) is 28.1 Å². The highest BCUT2D eigenvalue weighted by molar-refractivity contribution is 8.18. The van der Waals surface area contributed by atoms with Gasteiger partial charge in [0.05, 0.1) is 24.2 Å². The molecule has 0 aliphatic carbocycles. The molecule has 31 heavy (non-hydrogen) atoms. The molecule has 12 heteroatoms.